The van der Waals surface area contributed by atoms with Crippen molar-refractivity contribution in [2.45, 2.75) is 43.1 Å². The summed E-state index contributed by atoms with van der Waals surface area (Å²) in [4.78, 5) is 32.5. The highest BCUT2D eigenvalue weighted by atomic mass is 79.9. The van der Waals surface area contributed by atoms with Crippen LogP contribution in [-0.4, -0.2) is 25.6 Å². The third-order valence-corrected chi connectivity index (χ3v) is 7.32. The van der Waals surface area contributed by atoms with Gasteiger partial charge in [0.05, 0.1) is 32.3 Å². The molecule has 0 aliphatic rings. The van der Waals surface area contributed by atoms with Crippen molar-refractivity contribution < 1.29 is 13.7 Å². The number of hydrogen-bond donors (Lipinski definition) is 0. The van der Waals surface area contributed by atoms with Crippen molar-refractivity contribution in [2.24, 2.45) is 0 Å². The summed E-state index contributed by atoms with van der Waals surface area (Å²) in [5.41, 5.74) is 0.0365. The number of amides is 1. The summed E-state index contributed by atoms with van der Waals surface area (Å²) in [6, 6.07) is 17.0. The van der Waals surface area contributed by atoms with E-state index in [0.29, 0.717) is 20.3 Å². The van der Waals surface area contributed by atoms with E-state index in [9.17, 15) is 13.8 Å². The zero-order valence-corrected chi connectivity index (χ0v) is 23.1. The molecule has 0 fully saturated rings. The maximum Gasteiger partial charge on any atom is 0.434 e. The van der Waals surface area contributed by atoms with Gasteiger partial charge < -0.3 is 4.74 Å². The second-order valence-electron chi connectivity index (χ2n) is 9.02. The maximum absolute atomic E-state index is 13.7. The highest BCUT2D eigenvalue weighted by Gasteiger charge is 2.30. The average Bonchev–Trinajstić information content (AvgIpc) is 2.80. The van der Waals surface area contributed by atoms with Crippen LogP contribution in [0.4, 0.5) is 10.5 Å². The van der Waals surface area contributed by atoms with Crippen LogP contribution in [0.5, 0.6) is 0 Å². The van der Waals surface area contributed by atoms with Gasteiger partial charge >= 0.3 is 6.09 Å². The van der Waals surface area contributed by atoms with Gasteiger partial charge in [0.25, 0.3) is 5.56 Å². The minimum atomic E-state index is -1.69. The molecule has 0 saturated heterocycles. The van der Waals surface area contributed by atoms with Crippen molar-refractivity contribution in [3.8, 4) is 0 Å². The van der Waals surface area contributed by atoms with Crippen molar-refractivity contribution in [3.05, 3.63) is 92.4 Å². The fourth-order valence-corrected chi connectivity index (χ4v) is 5.58. The summed E-state index contributed by atoms with van der Waals surface area (Å²) in [7, 11) is -1.69. The largest absolute Gasteiger partial charge is 0.442 e. The van der Waals surface area contributed by atoms with E-state index < -0.39 is 28.1 Å². The van der Waals surface area contributed by atoms with E-state index in [1.54, 1.807) is 63.2 Å². The topological polar surface area (TPSA) is 81.5 Å². The molecule has 0 spiro atoms. The number of rotatable bonds is 4. The van der Waals surface area contributed by atoms with Gasteiger partial charge in [0.2, 0.25) is 0 Å². The first-order valence-corrected chi connectivity index (χ1v) is 13.3. The van der Waals surface area contributed by atoms with Crippen LogP contribution in [0.3, 0.4) is 0 Å². The number of nitrogens with zero attached hydrogens (tertiary/aromatic N) is 3. The molecule has 7 nitrogen and oxygen atoms in total. The van der Waals surface area contributed by atoms with Gasteiger partial charge in [-0.3, -0.25) is 4.79 Å². The van der Waals surface area contributed by atoms with Crippen molar-refractivity contribution in [1.29, 1.82) is 0 Å². The molecule has 0 bridgehead atoms. The van der Waals surface area contributed by atoms with E-state index in [0.717, 1.165) is 15.2 Å². The van der Waals surface area contributed by atoms with Gasteiger partial charge in [0.1, 0.15) is 11.9 Å². The number of halogens is 2. The minimum absolute atomic E-state index is 0.133. The van der Waals surface area contributed by atoms with Gasteiger partial charge in [-0.25, -0.2) is 14.0 Å². The minimum Gasteiger partial charge on any atom is -0.442 e. The number of carbonyl (C=O) groups is 1. The number of fused-ring (bicyclic) bond motifs is 1. The lowest BCUT2D eigenvalue weighted by atomic mass is 10.2. The Kier molecular flexibility index (Phi) is 7.36. The lowest BCUT2D eigenvalue weighted by Gasteiger charge is -2.29. The van der Waals surface area contributed by atoms with Gasteiger partial charge in [-0.05, 0) is 91.7 Å². The van der Waals surface area contributed by atoms with E-state index in [1.165, 1.54) is 12.4 Å². The third kappa shape index (κ3) is 5.38. The van der Waals surface area contributed by atoms with Crippen molar-refractivity contribution in [1.82, 2.24) is 9.66 Å². The van der Waals surface area contributed by atoms with Crippen molar-refractivity contribution in [2.75, 3.05) is 5.01 Å². The fourth-order valence-electron chi connectivity index (χ4n) is 3.55. The summed E-state index contributed by atoms with van der Waals surface area (Å²) in [5, 5.41) is 1.61. The molecule has 0 aliphatic carbocycles. The fraction of sp³-hybridized carbons (Fsp3) is 0.192. The van der Waals surface area contributed by atoms with Crippen LogP contribution in [0.2, 0.25) is 5.02 Å². The molecule has 4 rings (SSSR count). The number of ether oxygens (including phenoxy) is 1. The normalized spacial score (nSPS) is 12.4. The Hall–Kier alpha value is -3.01. The molecule has 186 valence electrons. The SMILES string of the molecule is Cc1cc(Br)c2ncn(N(C(=O)OC(C)(C)C)c3cc(Cl)ccc3S(=O)c3ccccc3)c(=O)c2c1. The van der Waals surface area contributed by atoms with Gasteiger partial charge in [-0.2, -0.15) is 9.69 Å². The summed E-state index contributed by atoms with van der Waals surface area (Å²) in [5.74, 6) is 0. The van der Waals surface area contributed by atoms with E-state index in [2.05, 4.69) is 20.9 Å². The van der Waals surface area contributed by atoms with Crippen molar-refractivity contribution >= 4 is 61.0 Å². The number of hydrogen-bond acceptors (Lipinski definition) is 5. The molecule has 10 heteroatoms. The lowest BCUT2D eigenvalue weighted by Crippen LogP contribution is -2.46. The van der Waals surface area contributed by atoms with Crippen LogP contribution in [0, 0.1) is 6.92 Å². The Bertz CT molecular complexity index is 1550. The predicted molar refractivity (Wildman–Crippen MR) is 145 cm³/mol. The predicted octanol–water partition coefficient (Wildman–Crippen LogP) is 6.49. The van der Waals surface area contributed by atoms with Crippen LogP contribution in [-0.2, 0) is 15.5 Å². The highest BCUT2D eigenvalue weighted by molar-refractivity contribution is 9.10. The molecule has 0 N–H and O–H groups in total. The van der Waals surface area contributed by atoms with Crippen LogP contribution in [0.25, 0.3) is 10.9 Å². The first kappa shape index (κ1) is 26.1. The maximum atomic E-state index is 13.7. The monoisotopic (exact) mass is 587 g/mol. The van der Waals surface area contributed by atoms with Crippen LogP contribution in [0.15, 0.2) is 86.0 Å². The van der Waals surface area contributed by atoms with Crippen LogP contribution < -0.4 is 10.6 Å². The zero-order valence-electron chi connectivity index (χ0n) is 20.0. The Morgan fingerprint density at radius 1 is 1.11 bits per heavy atom. The summed E-state index contributed by atoms with van der Waals surface area (Å²) >= 11 is 9.78. The first-order chi connectivity index (χ1) is 17.0. The molecular weight excluding hydrogens is 566 g/mol. The number of aryl methyl sites for hydroxylation is 1. The molecule has 4 aromatic rings. The Labute approximate surface area is 224 Å². The van der Waals surface area contributed by atoms with Gasteiger partial charge in [-0.15, -0.1) is 0 Å². The number of benzene rings is 3. The first-order valence-electron chi connectivity index (χ1n) is 10.9. The van der Waals surface area contributed by atoms with Crippen LogP contribution >= 0.6 is 27.5 Å². The molecule has 1 unspecified atom stereocenters. The van der Waals surface area contributed by atoms with E-state index in [4.69, 9.17) is 16.3 Å². The standard InChI is InChI=1S/C26H23BrClN3O4S/c1-16-12-19-23(20(27)13-16)29-15-30(24(19)32)31(25(33)35-26(2,3)4)21-14-17(28)10-11-22(21)36(34)18-8-6-5-7-9-18/h5-15H,1-4H3. The summed E-state index contributed by atoms with van der Waals surface area (Å²) < 4.78 is 20.9. The molecule has 0 radical (unpaired) electrons. The van der Waals surface area contributed by atoms with E-state index in [1.807, 2.05) is 19.1 Å². The van der Waals surface area contributed by atoms with Gasteiger partial charge in [-0.1, -0.05) is 29.8 Å². The average molecular weight is 589 g/mol. The summed E-state index contributed by atoms with van der Waals surface area (Å²) in [6.07, 6.45) is 0.385. The molecule has 1 heterocycles. The Morgan fingerprint density at radius 3 is 2.47 bits per heavy atom. The molecule has 0 aliphatic heterocycles. The molecule has 1 atom stereocenters. The Morgan fingerprint density at radius 2 is 1.81 bits per heavy atom. The van der Waals surface area contributed by atoms with E-state index in [-0.39, 0.29) is 15.6 Å². The van der Waals surface area contributed by atoms with Gasteiger partial charge in [0.15, 0.2) is 0 Å². The van der Waals surface area contributed by atoms with E-state index >= 15 is 0 Å². The molecule has 3 aromatic carbocycles. The highest BCUT2D eigenvalue weighted by Crippen LogP contribution is 2.32. The van der Waals surface area contributed by atoms with Crippen LogP contribution in [0.1, 0.15) is 26.3 Å². The number of carbonyl (C=O) groups excluding carboxylic acids is 1. The summed E-state index contributed by atoms with van der Waals surface area (Å²) in [6.45, 7) is 6.99. The smallest absolute Gasteiger partial charge is 0.434 e. The quantitative estimate of drug-likeness (QED) is 0.272. The second kappa shape index (κ2) is 10.2. The molecule has 1 aromatic heterocycles. The van der Waals surface area contributed by atoms with Gasteiger partial charge in [0, 0.05) is 14.4 Å². The Balaban J connectivity index is 2.00. The molecular formula is C26H23BrClN3O4S. The molecule has 36 heavy (non-hydrogen) atoms. The number of aromatic nitrogens is 2. The molecule has 1 amide bonds. The third-order valence-electron chi connectivity index (χ3n) is 5.03. The lowest BCUT2D eigenvalue weighted by molar-refractivity contribution is 0.0561. The second-order valence-corrected chi connectivity index (χ2v) is 11.8. The number of anilines is 1. The molecule has 0 saturated carbocycles. The van der Waals surface area contributed by atoms with Crippen molar-refractivity contribution in [3.63, 3.8) is 0 Å². The zero-order chi connectivity index (χ0) is 26.2.